The molecule has 0 saturated heterocycles. The van der Waals surface area contributed by atoms with E-state index in [1.165, 1.54) is 0 Å². The SMILES string of the molecule is CCC(C)c1ccccc1OCC(=O)NCc1c(C)nn(-c2ccccc2)c1C. The monoisotopic (exact) mass is 391 g/mol. The van der Waals surface area contributed by atoms with Crippen molar-refractivity contribution in [3.63, 3.8) is 0 Å². The summed E-state index contributed by atoms with van der Waals surface area (Å²) >= 11 is 0. The predicted octanol–water partition coefficient (Wildman–Crippen LogP) is 4.70. The summed E-state index contributed by atoms with van der Waals surface area (Å²) in [7, 11) is 0. The molecule has 1 unspecified atom stereocenters. The van der Waals surface area contributed by atoms with E-state index >= 15 is 0 Å². The van der Waals surface area contributed by atoms with Gasteiger partial charge in [0.05, 0.1) is 11.4 Å². The lowest BCUT2D eigenvalue weighted by Crippen LogP contribution is -2.29. The fourth-order valence-electron chi connectivity index (χ4n) is 3.37. The van der Waals surface area contributed by atoms with Gasteiger partial charge < -0.3 is 10.1 Å². The molecule has 5 nitrogen and oxygen atoms in total. The lowest BCUT2D eigenvalue weighted by Gasteiger charge is -2.15. The summed E-state index contributed by atoms with van der Waals surface area (Å²) in [5.74, 6) is 1.03. The Morgan fingerprint density at radius 3 is 2.52 bits per heavy atom. The van der Waals surface area contributed by atoms with E-state index in [1.54, 1.807) is 0 Å². The van der Waals surface area contributed by atoms with Crippen LogP contribution in [-0.2, 0) is 11.3 Å². The van der Waals surface area contributed by atoms with Gasteiger partial charge in [-0.2, -0.15) is 5.10 Å². The highest BCUT2D eigenvalue weighted by Gasteiger charge is 2.15. The number of nitrogens with zero attached hydrogens (tertiary/aromatic N) is 2. The van der Waals surface area contributed by atoms with E-state index < -0.39 is 0 Å². The van der Waals surface area contributed by atoms with Crippen molar-refractivity contribution in [1.82, 2.24) is 15.1 Å². The molecule has 5 heteroatoms. The van der Waals surface area contributed by atoms with Crippen LogP contribution in [0.4, 0.5) is 0 Å². The predicted molar refractivity (Wildman–Crippen MR) is 116 cm³/mol. The van der Waals surface area contributed by atoms with Crippen LogP contribution in [0.25, 0.3) is 5.69 Å². The number of rotatable bonds is 8. The maximum Gasteiger partial charge on any atom is 0.258 e. The van der Waals surface area contributed by atoms with E-state index in [-0.39, 0.29) is 12.5 Å². The summed E-state index contributed by atoms with van der Waals surface area (Å²) in [5.41, 5.74) is 5.11. The van der Waals surface area contributed by atoms with Crippen LogP contribution in [0.1, 0.15) is 48.7 Å². The standard InChI is InChI=1S/C24H29N3O2/c1-5-17(2)21-13-9-10-14-23(21)29-16-24(28)25-15-22-18(3)26-27(19(22)4)20-11-7-6-8-12-20/h6-14,17H,5,15-16H2,1-4H3,(H,25,28). The van der Waals surface area contributed by atoms with E-state index in [0.717, 1.165) is 40.4 Å². The number of nitrogens with one attached hydrogen (secondary N) is 1. The number of para-hydroxylation sites is 2. The largest absolute Gasteiger partial charge is 0.483 e. The third kappa shape index (κ3) is 4.86. The third-order valence-electron chi connectivity index (χ3n) is 5.33. The van der Waals surface area contributed by atoms with Crippen LogP contribution in [0.2, 0.25) is 0 Å². The number of aromatic nitrogens is 2. The van der Waals surface area contributed by atoms with Gasteiger partial charge in [-0.25, -0.2) is 4.68 Å². The number of benzene rings is 2. The molecular weight excluding hydrogens is 362 g/mol. The number of amides is 1. The van der Waals surface area contributed by atoms with Crippen molar-refractivity contribution in [1.29, 1.82) is 0 Å². The fraction of sp³-hybridized carbons (Fsp3) is 0.333. The molecule has 1 aromatic heterocycles. The Kier molecular flexibility index (Phi) is 6.70. The van der Waals surface area contributed by atoms with Crippen molar-refractivity contribution >= 4 is 5.91 Å². The highest BCUT2D eigenvalue weighted by Crippen LogP contribution is 2.28. The first-order valence-corrected chi connectivity index (χ1v) is 10.1. The summed E-state index contributed by atoms with van der Waals surface area (Å²) in [6.45, 7) is 8.73. The normalized spacial score (nSPS) is 11.9. The maximum absolute atomic E-state index is 12.4. The molecule has 1 atom stereocenters. The van der Waals surface area contributed by atoms with Crippen LogP contribution in [0.5, 0.6) is 5.75 Å². The average Bonchev–Trinajstić information content (AvgIpc) is 3.04. The molecule has 1 N–H and O–H groups in total. The number of hydrogen-bond donors (Lipinski definition) is 1. The summed E-state index contributed by atoms with van der Waals surface area (Å²) < 4.78 is 7.72. The van der Waals surface area contributed by atoms with E-state index in [2.05, 4.69) is 30.3 Å². The minimum atomic E-state index is -0.143. The lowest BCUT2D eigenvalue weighted by molar-refractivity contribution is -0.123. The van der Waals surface area contributed by atoms with Crippen molar-refractivity contribution in [2.45, 2.75) is 46.6 Å². The summed E-state index contributed by atoms with van der Waals surface area (Å²) in [6, 6.07) is 17.9. The number of aryl methyl sites for hydroxylation is 1. The molecule has 0 radical (unpaired) electrons. The Morgan fingerprint density at radius 2 is 1.79 bits per heavy atom. The first kappa shape index (κ1) is 20.6. The molecule has 0 fully saturated rings. The van der Waals surface area contributed by atoms with Gasteiger partial charge in [0.15, 0.2) is 6.61 Å². The van der Waals surface area contributed by atoms with Crippen molar-refractivity contribution < 1.29 is 9.53 Å². The number of ether oxygens (including phenoxy) is 1. The van der Waals surface area contributed by atoms with Crippen molar-refractivity contribution in [2.24, 2.45) is 0 Å². The van der Waals surface area contributed by atoms with E-state index in [0.29, 0.717) is 12.5 Å². The molecule has 1 heterocycles. The van der Waals surface area contributed by atoms with E-state index in [4.69, 9.17) is 4.74 Å². The van der Waals surface area contributed by atoms with Gasteiger partial charge in [0, 0.05) is 17.8 Å². The Morgan fingerprint density at radius 1 is 1.10 bits per heavy atom. The molecule has 1 amide bonds. The summed E-state index contributed by atoms with van der Waals surface area (Å²) in [4.78, 5) is 12.4. The molecule has 2 aromatic carbocycles. The Hall–Kier alpha value is -3.08. The second kappa shape index (κ2) is 9.41. The minimum Gasteiger partial charge on any atom is -0.483 e. The Balaban J connectivity index is 1.62. The zero-order chi connectivity index (χ0) is 20.8. The van der Waals surface area contributed by atoms with Crippen molar-refractivity contribution in [3.05, 3.63) is 77.1 Å². The van der Waals surface area contributed by atoms with Gasteiger partial charge in [0.25, 0.3) is 5.91 Å². The van der Waals surface area contributed by atoms with Crippen LogP contribution in [-0.4, -0.2) is 22.3 Å². The lowest BCUT2D eigenvalue weighted by atomic mass is 9.98. The molecule has 3 aromatic rings. The summed E-state index contributed by atoms with van der Waals surface area (Å²) in [6.07, 6.45) is 1.02. The van der Waals surface area contributed by atoms with Crippen LogP contribution in [0, 0.1) is 13.8 Å². The van der Waals surface area contributed by atoms with Crippen LogP contribution in [0.15, 0.2) is 54.6 Å². The number of carbonyl (C=O) groups excluding carboxylic acids is 1. The molecule has 3 rings (SSSR count). The zero-order valence-electron chi connectivity index (χ0n) is 17.6. The second-order valence-corrected chi connectivity index (χ2v) is 7.31. The molecule has 29 heavy (non-hydrogen) atoms. The van der Waals surface area contributed by atoms with E-state index in [1.807, 2.05) is 67.1 Å². The third-order valence-corrected chi connectivity index (χ3v) is 5.33. The van der Waals surface area contributed by atoms with Crippen LogP contribution >= 0.6 is 0 Å². The van der Waals surface area contributed by atoms with Gasteiger partial charge in [-0.15, -0.1) is 0 Å². The van der Waals surface area contributed by atoms with Crippen LogP contribution < -0.4 is 10.1 Å². The summed E-state index contributed by atoms with van der Waals surface area (Å²) in [5, 5.41) is 7.59. The van der Waals surface area contributed by atoms with Gasteiger partial charge in [-0.05, 0) is 49.9 Å². The molecule has 0 aliphatic heterocycles. The Labute approximate surface area is 172 Å². The molecule has 0 aliphatic rings. The topological polar surface area (TPSA) is 56.1 Å². The maximum atomic E-state index is 12.4. The van der Waals surface area contributed by atoms with Gasteiger partial charge >= 0.3 is 0 Å². The van der Waals surface area contributed by atoms with Crippen molar-refractivity contribution in [2.75, 3.05) is 6.61 Å². The first-order valence-electron chi connectivity index (χ1n) is 10.1. The first-order chi connectivity index (χ1) is 14.0. The minimum absolute atomic E-state index is 0.00162. The average molecular weight is 392 g/mol. The molecule has 0 saturated carbocycles. The quantitative estimate of drug-likeness (QED) is 0.606. The van der Waals surface area contributed by atoms with Gasteiger partial charge in [-0.1, -0.05) is 50.2 Å². The highest BCUT2D eigenvalue weighted by molar-refractivity contribution is 5.77. The number of carbonyl (C=O) groups is 1. The van der Waals surface area contributed by atoms with Crippen LogP contribution in [0.3, 0.4) is 0 Å². The molecule has 152 valence electrons. The molecule has 0 spiro atoms. The second-order valence-electron chi connectivity index (χ2n) is 7.31. The smallest absolute Gasteiger partial charge is 0.258 e. The fourth-order valence-corrected chi connectivity index (χ4v) is 3.37. The van der Waals surface area contributed by atoms with Gasteiger partial charge in [0.1, 0.15) is 5.75 Å². The molecular formula is C24H29N3O2. The van der Waals surface area contributed by atoms with Crippen molar-refractivity contribution in [3.8, 4) is 11.4 Å². The van der Waals surface area contributed by atoms with Gasteiger partial charge in [0.2, 0.25) is 0 Å². The van der Waals surface area contributed by atoms with Gasteiger partial charge in [-0.3, -0.25) is 4.79 Å². The highest BCUT2D eigenvalue weighted by atomic mass is 16.5. The van der Waals surface area contributed by atoms with E-state index in [9.17, 15) is 4.79 Å². The zero-order valence-corrected chi connectivity index (χ0v) is 17.6. The molecule has 0 bridgehead atoms. The Bertz CT molecular complexity index is 964. The number of hydrogen-bond acceptors (Lipinski definition) is 3. The molecule has 0 aliphatic carbocycles.